The second-order valence-corrected chi connectivity index (χ2v) is 2.10. The van der Waals surface area contributed by atoms with Gasteiger partial charge in [-0.2, -0.15) is 0 Å². The molecule has 0 nitrogen and oxygen atoms in total. The molecule has 0 spiro atoms. The first kappa shape index (κ1) is 7.80. The van der Waals surface area contributed by atoms with Gasteiger partial charge in [0.25, 0.3) is 0 Å². The third-order valence-electron chi connectivity index (χ3n) is 1.51. The predicted molar refractivity (Wildman–Crippen MR) is 41.5 cm³/mol. The van der Waals surface area contributed by atoms with Gasteiger partial charge < -0.3 is 0 Å². The molecular formula is C7H15B. The van der Waals surface area contributed by atoms with Crippen molar-refractivity contribution in [2.75, 3.05) is 0 Å². The standard InChI is InChI=1S/C7H15B/c1-4-7-8(5-2)6-3/h4,7H,5-6H2,1-3H3/b7-4+. The van der Waals surface area contributed by atoms with Crippen molar-refractivity contribution in [3.8, 4) is 0 Å². The van der Waals surface area contributed by atoms with Crippen molar-refractivity contribution in [1.29, 1.82) is 0 Å². The molecule has 0 saturated heterocycles. The van der Waals surface area contributed by atoms with Crippen molar-refractivity contribution in [3.05, 3.63) is 12.1 Å². The van der Waals surface area contributed by atoms with Crippen LogP contribution in [0.15, 0.2) is 12.1 Å². The van der Waals surface area contributed by atoms with Gasteiger partial charge in [0.1, 0.15) is 0 Å². The zero-order valence-corrected chi connectivity index (χ0v) is 6.15. The highest BCUT2D eigenvalue weighted by Gasteiger charge is 1.99. The lowest BCUT2D eigenvalue weighted by Gasteiger charge is -1.97. The van der Waals surface area contributed by atoms with Crippen molar-refractivity contribution >= 4 is 6.71 Å². The summed E-state index contributed by atoms with van der Waals surface area (Å²) in [5, 5.41) is 0. The lowest BCUT2D eigenvalue weighted by atomic mass is 9.46. The molecule has 0 aromatic heterocycles. The SMILES string of the molecule is C/C=C/B(CC)CC. The molecule has 0 heterocycles. The zero-order chi connectivity index (χ0) is 6.41. The molecule has 0 aliphatic rings. The molecule has 0 aromatic carbocycles. The summed E-state index contributed by atoms with van der Waals surface area (Å²) >= 11 is 0. The molecule has 0 radical (unpaired) electrons. The van der Waals surface area contributed by atoms with Crippen LogP contribution in [0, 0.1) is 0 Å². The Labute approximate surface area is 53.1 Å². The number of rotatable bonds is 3. The maximum Gasteiger partial charge on any atom is 0.165 e. The maximum absolute atomic E-state index is 2.28. The molecule has 0 N–H and O–H groups in total. The largest absolute Gasteiger partial charge is 0.165 e. The summed E-state index contributed by atoms with van der Waals surface area (Å²) in [5.74, 6) is 2.28. The summed E-state index contributed by atoms with van der Waals surface area (Å²) in [7, 11) is 0. The number of hydrogen-bond acceptors (Lipinski definition) is 0. The van der Waals surface area contributed by atoms with Crippen LogP contribution in [-0.4, -0.2) is 6.71 Å². The van der Waals surface area contributed by atoms with Gasteiger partial charge in [-0.05, 0) is 6.92 Å². The Balaban J connectivity index is 3.36. The number of hydrogen-bond donors (Lipinski definition) is 0. The lowest BCUT2D eigenvalue weighted by Crippen LogP contribution is -2.03. The lowest BCUT2D eigenvalue weighted by molar-refractivity contribution is 1.33. The van der Waals surface area contributed by atoms with Gasteiger partial charge in [0.15, 0.2) is 6.71 Å². The van der Waals surface area contributed by atoms with Gasteiger partial charge in [-0.15, -0.1) is 12.1 Å². The van der Waals surface area contributed by atoms with Crippen LogP contribution >= 0.6 is 0 Å². The summed E-state index contributed by atoms with van der Waals surface area (Å²) in [5.41, 5.74) is 0. The van der Waals surface area contributed by atoms with Crippen LogP contribution in [0.1, 0.15) is 20.8 Å². The smallest absolute Gasteiger partial charge is 0.119 e. The van der Waals surface area contributed by atoms with E-state index in [0.717, 1.165) is 6.71 Å². The van der Waals surface area contributed by atoms with Crippen molar-refractivity contribution in [3.63, 3.8) is 0 Å². The molecule has 0 bridgehead atoms. The van der Waals surface area contributed by atoms with E-state index in [0.29, 0.717) is 0 Å². The third-order valence-corrected chi connectivity index (χ3v) is 1.51. The fraction of sp³-hybridized carbons (Fsp3) is 0.714. The van der Waals surface area contributed by atoms with Crippen LogP contribution in [0.4, 0.5) is 0 Å². The quantitative estimate of drug-likeness (QED) is 0.490. The minimum absolute atomic E-state index is 0.819. The second-order valence-electron chi connectivity index (χ2n) is 2.10. The van der Waals surface area contributed by atoms with Gasteiger partial charge >= 0.3 is 0 Å². The summed E-state index contributed by atoms with van der Waals surface area (Å²) in [6.45, 7) is 7.36. The van der Waals surface area contributed by atoms with Gasteiger partial charge in [-0.25, -0.2) is 0 Å². The average molecular weight is 110 g/mol. The summed E-state index contributed by atoms with van der Waals surface area (Å²) < 4.78 is 0. The van der Waals surface area contributed by atoms with Crippen molar-refractivity contribution < 1.29 is 0 Å². The van der Waals surface area contributed by atoms with Crippen LogP contribution in [0.5, 0.6) is 0 Å². The van der Waals surface area contributed by atoms with Gasteiger partial charge in [0.2, 0.25) is 0 Å². The highest BCUT2D eigenvalue weighted by molar-refractivity contribution is 6.64. The Morgan fingerprint density at radius 2 is 1.75 bits per heavy atom. The molecule has 0 aliphatic heterocycles. The van der Waals surface area contributed by atoms with Crippen molar-refractivity contribution in [2.24, 2.45) is 0 Å². The number of allylic oxidation sites excluding steroid dienone is 1. The van der Waals surface area contributed by atoms with Crippen LogP contribution in [0.2, 0.25) is 12.6 Å². The summed E-state index contributed by atoms with van der Waals surface area (Å²) in [6, 6.07) is 0. The molecule has 46 valence electrons. The Kier molecular flexibility index (Phi) is 4.83. The van der Waals surface area contributed by atoms with E-state index in [2.05, 4.69) is 32.8 Å². The van der Waals surface area contributed by atoms with E-state index in [4.69, 9.17) is 0 Å². The van der Waals surface area contributed by atoms with Crippen molar-refractivity contribution in [1.82, 2.24) is 0 Å². The van der Waals surface area contributed by atoms with E-state index >= 15 is 0 Å². The average Bonchev–Trinajstić information content (AvgIpc) is 1.83. The molecule has 0 amide bonds. The highest BCUT2D eigenvalue weighted by atomic mass is 13.6. The minimum Gasteiger partial charge on any atom is -0.119 e. The third kappa shape index (κ3) is 2.89. The van der Waals surface area contributed by atoms with E-state index in [1.54, 1.807) is 0 Å². The molecular weight excluding hydrogens is 94.9 g/mol. The van der Waals surface area contributed by atoms with E-state index in [1.807, 2.05) is 0 Å². The van der Waals surface area contributed by atoms with Gasteiger partial charge in [-0.3, -0.25) is 0 Å². The van der Waals surface area contributed by atoms with Crippen LogP contribution < -0.4 is 0 Å². The first-order chi connectivity index (χ1) is 3.85. The Hall–Kier alpha value is -0.195. The van der Waals surface area contributed by atoms with Crippen molar-refractivity contribution in [2.45, 2.75) is 33.4 Å². The predicted octanol–water partition coefficient (Wildman–Crippen LogP) is 2.64. The highest BCUT2D eigenvalue weighted by Crippen LogP contribution is 1.98. The van der Waals surface area contributed by atoms with E-state index in [1.165, 1.54) is 12.6 Å². The van der Waals surface area contributed by atoms with E-state index in [-0.39, 0.29) is 0 Å². The van der Waals surface area contributed by atoms with Crippen LogP contribution in [-0.2, 0) is 0 Å². The minimum atomic E-state index is 0.819. The van der Waals surface area contributed by atoms with E-state index < -0.39 is 0 Å². The Bertz CT molecular complexity index is 62.8. The van der Waals surface area contributed by atoms with Crippen LogP contribution in [0.25, 0.3) is 0 Å². The second kappa shape index (κ2) is 4.95. The molecule has 8 heavy (non-hydrogen) atoms. The fourth-order valence-electron chi connectivity index (χ4n) is 0.833. The van der Waals surface area contributed by atoms with Crippen LogP contribution in [0.3, 0.4) is 0 Å². The van der Waals surface area contributed by atoms with Gasteiger partial charge in [0.05, 0.1) is 0 Å². The van der Waals surface area contributed by atoms with Gasteiger partial charge in [0, 0.05) is 0 Å². The normalized spacial score (nSPS) is 10.4. The van der Waals surface area contributed by atoms with E-state index in [9.17, 15) is 0 Å². The van der Waals surface area contributed by atoms with Gasteiger partial charge in [-0.1, -0.05) is 26.5 Å². The Morgan fingerprint density at radius 1 is 1.25 bits per heavy atom. The summed E-state index contributed by atoms with van der Waals surface area (Å²) in [4.78, 5) is 0. The molecule has 0 atom stereocenters. The first-order valence-corrected chi connectivity index (χ1v) is 3.47. The molecule has 0 aromatic rings. The zero-order valence-electron chi connectivity index (χ0n) is 6.15. The first-order valence-electron chi connectivity index (χ1n) is 3.47. The molecule has 0 aliphatic carbocycles. The maximum atomic E-state index is 2.28. The topological polar surface area (TPSA) is 0 Å². The molecule has 0 saturated carbocycles. The Morgan fingerprint density at radius 3 is 1.88 bits per heavy atom. The molecule has 0 rings (SSSR count). The fourth-order valence-corrected chi connectivity index (χ4v) is 0.833. The molecule has 0 unspecified atom stereocenters. The molecule has 1 heteroatoms. The monoisotopic (exact) mass is 110 g/mol. The molecule has 0 fully saturated rings. The summed E-state index contributed by atoms with van der Waals surface area (Å²) in [6.07, 6.45) is 4.69.